The summed E-state index contributed by atoms with van der Waals surface area (Å²) >= 11 is 0. The lowest BCUT2D eigenvalue weighted by atomic mass is 10.3. The predicted octanol–water partition coefficient (Wildman–Crippen LogP) is 1.71. The Bertz CT molecular complexity index is 577. The van der Waals surface area contributed by atoms with Crippen LogP contribution in [-0.4, -0.2) is 20.0 Å². The normalized spacial score (nSPS) is 12.1. The fourth-order valence-corrected chi connectivity index (χ4v) is 2.07. The largest absolute Gasteiger partial charge is 0.326 e. The molecule has 0 aliphatic carbocycles. The van der Waals surface area contributed by atoms with Gasteiger partial charge in [0.15, 0.2) is 0 Å². The lowest BCUT2D eigenvalue weighted by molar-refractivity contribution is -0.114. The number of benzene rings is 1. The van der Waals surface area contributed by atoms with E-state index in [2.05, 4.69) is 15.2 Å². The Morgan fingerprint density at radius 3 is 2.26 bits per heavy atom. The Labute approximate surface area is 113 Å². The number of nitrogens with one attached hydrogen (secondary N) is 2. The zero-order valence-corrected chi connectivity index (χ0v) is 11.9. The van der Waals surface area contributed by atoms with Crippen LogP contribution in [0.5, 0.6) is 0 Å². The van der Waals surface area contributed by atoms with Crippen molar-refractivity contribution < 1.29 is 13.2 Å². The molecule has 6 nitrogen and oxygen atoms in total. The van der Waals surface area contributed by atoms with Gasteiger partial charge in [-0.2, -0.15) is 13.5 Å². The third kappa shape index (κ3) is 4.70. The van der Waals surface area contributed by atoms with E-state index >= 15 is 0 Å². The second-order valence-corrected chi connectivity index (χ2v) is 5.66. The molecule has 1 amide bonds. The average molecular weight is 283 g/mol. The first-order chi connectivity index (χ1) is 8.85. The van der Waals surface area contributed by atoms with Gasteiger partial charge in [0.25, 0.3) is 10.0 Å². The van der Waals surface area contributed by atoms with E-state index in [4.69, 9.17) is 0 Å². The van der Waals surface area contributed by atoms with Gasteiger partial charge in [-0.15, -0.1) is 0 Å². The van der Waals surface area contributed by atoms with Crippen LogP contribution in [0.4, 0.5) is 5.69 Å². The van der Waals surface area contributed by atoms with E-state index in [0.717, 1.165) is 0 Å². The highest BCUT2D eigenvalue weighted by Gasteiger charge is 2.12. The van der Waals surface area contributed by atoms with E-state index in [1.165, 1.54) is 31.2 Å². The molecule has 0 heterocycles. The molecule has 0 fully saturated rings. The lowest BCUT2D eigenvalue weighted by Gasteiger charge is -2.06. The first-order valence-electron chi connectivity index (χ1n) is 5.77. The van der Waals surface area contributed by atoms with E-state index in [1.54, 1.807) is 6.92 Å². The standard InChI is InChI=1S/C12H17N3O3S/c1-4-9(2)14-15-19(17,18)12-7-5-11(6-8-12)13-10(3)16/h5-8,15H,4H2,1-3H3,(H,13,16). The zero-order chi connectivity index (χ0) is 14.5. The molecule has 0 atom stereocenters. The number of hydrogen-bond donors (Lipinski definition) is 2. The summed E-state index contributed by atoms with van der Waals surface area (Å²) < 4.78 is 23.8. The first-order valence-corrected chi connectivity index (χ1v) is 7.26. The summed E-state index contributed by atoms with van der Waals surface area (Å²) in [6, 6.07) is 5.85. The van der Waals surface area contributed by atoms with Crippen molar-refractivity contribution in [3.05, 3.63) is 24.3 Å². The fourth-order valence-electron chi connectivity index (χ4n) is 1.19. The van der Waals surface area contributed by atoms with Crippen molar-refractivity contribution in [2.45, 2.75) is 32.1 Å². The Balaban J connectivity index is 2.88. The number of anilines is 1. The van der Waals surface area contributed by atoms with Gasteiger partial charge in [-0.05, 0) is 37.6 Å². The fraction of sp³-hybridized carbons (Fsp3) is 0.333. The van der Waals surface area contributed by atoms with Crippen LogP contribution in [0.3, 0.4) is 0 Å². The van der Waals surface area contributed by atoms with E-state index in [1.807, 2.05) is 6.92 Å². The first kappa shape index (κ1) is 15.2. The highest BCUT2D eigenvalue weighted by molar-refractivity contribution is 7.89. The molecular formula is C12H17N3O3S. The minimum atomic E-state index is -3.66. The maximum atomic E-state index is 11.9. The molecule has 0 radical (unpaired) electrons. The SMILES string of the molecule is CCC(C)=NNS(=O)(=O)c1ccc(NC(C)=O)cc1. The number of hydrogen-bond acceptors (Lipinski definition) is 4. The smallest absolute Gasteiger partial charge is 0.276 e. The van der Waals surface area contributed by atoms with Gasteiger partial charge in [-0.1, -0.05) is 6.92 Å². The summed E-state index contributed by atoms with van der Waals surface area (Å²) in [7, 11) is -3.66. The second kappa shape index (κ2) is 6.33. The van der Waals surface area contributed by atoms with E-state index < -0.39 is 10.0 Å². The number of rotatable bonds is 5. The molecule has 19 heavy (non-hydrogen) atoms. The van der Waals surface area contributed by atoms with E-state index in [9.17, 15) is 13.2 Å². The molecule has 7 heteroatoms. The number of carbonyl (C=O) groups excluding carboxylic acids is 1. The van der Waals surface area contributed by atoms with Crippen LogP contribution >= 0.6 is 0 Å². The summed E-state index contributed by atoms with van der Waals surface area (Å²) in [6.07, 6.45) is 0.671. The Hall–Kier alpha value is -1.89. The second-order valence-electron chi connectivity index (χ2n) is 4.00. The minimum Gasteiger partial charge on any atom is -0.326 e. The lowest BCUT2D eigenvalue weighted by Crippen LogP contribution is -2.19. The predicted molar refractivity (Wildman–Crippen MR) is 74.5 cm³/mol. The molecule has 1 rings (SSSR count). The number of hydrazone groups is 1. The summed E-state index contributed by atoms with van der Waals surface area (Å²) in [5, 5.41) is 6.33. The maximum absolute atomic E-state index is 11.9. The molecule has 0 saturated heterocycles. The molecule has 1 aromatic rings. The van der Waals surface area contributed by atoms with Gasteiger partial charge in [0.1, 0.15) is 0 Å². The topological polar surface area (TPSA) is 87.6 Å². The van der Waals surface area contributed by atoms with Gasteiger partial charge < -0.3 is 5.32 Å². The van der Waals surface area contributed by atoms with Gasteiger partial charge in [-0.3, -0.25) is 4.79 Å². The molecule has 0 spiro atoms. The highest BCUT2D eigenvalue weighted by atomic mass is 32.2. The molecule has 0 unspecified atom stereocenters. The van der Waals surface area contributed by atoms with E-state index in [0.29, 0.717) is 17.8 Å². The molecule has 0 aliphatic rings. The summed E-state index contributed by atoms with van der Waals surface area (Å²) in [5.41, 5.74) is 1.23. The molecule has 0 aromatic heterocycles. The van der Waals surface area contributed by atoms with Crippen LogP contribution in [0.2, 0.25) is 0 Å². The molecule has 2 N–H and O–H groups in total. The van der Waals surface area contributed by atoms with Crippen molar-refractivity contribution in [2.75, 3.05) is 5.32 Å². The minimum absolute atomic E-state index is 0.0919. The third-order valence-corrected chi connectivity index (χ3v) is 3.58. The molecule has 1 aromatic carbocycles. The molecular weight excluding hydrogens is 266 g/mol. The number of sulfonamides is 1. The van der Waals surface area contributed by atoms with Gasteiger partial charge in [0, 0.05) is 18.3 Å². The summed E-state index contributed by atoms with van der Waals surface area (Å²) in [5.74, 6) is -0.211. The van der Waals surface area contributed by atoms with Crippen LogP contribution in [0, 0.1) is 0 Å². The third-order valence-electron chi connectivity index (χ3n) is 2.35. The van der Waals surface area contributed by atoms with Gasteiger partial charge in [0.2, 0.25) is 5.91 Å². The van der Waals surface area contributed by atoms with Crippen LogP contribution in [-0.2, 0) is 14.8 Å². The van der Waals surface area contributed by atoms with Gasteiger partial charge in [0.05, 0.1) is 4.90 Å². The van der Waals surface area contributed by atoms with Crippen molar-refractivity contribution in [3.8, 4) is 0 Å². The Kier molecular flexibility index (Phi) is 5.05. The highest BCUT2D eigenvalue weighted by Crippen LogP contribution is 2.13. The number of amides is 1. The molecule has 0 saturated carbocycles. The Morgan fingerprint density at radius 2 is 1.79 bits per heavy atom. The summed E-state index contributed by atoms with van der Waals surface area (Å²) in [6.45, 7) is 5.01. The molecule has 0 bridgehead atoms. The van der Waals surface area contributed by atoms with Crippen LogP contribution in [0.15, 0.2) is 34.3 Å². The Morgan fingerprint density at radius 1 is 1.21 bits per heavy atom. The van der Waals surface area contributed by atoms with Crippen LogP contribution in [0.25, 0.3) is 0 Å². The van der Waals surface area contributed by atoms with Crippen molar-refractivity contribution in [1.29, 1.82) is 0 Å². The molecule has 104 valence electrons. The van der Waals surface area contributed by atoms with Crippen LogP contribution in [0.1, 0.15) is 27.2 Å². The quantitative estimate of drug-likeness (QED) is 0.637. The monoisotopic (exact) mass is 283 g/mol. The van der Waals surface area contributed by atoms with Crippen molar-refractivity contribution in [2.24, 2.45) is 5.10 Å². The average Bonchev–Trinajstić information content (AvgIpc) is 2.36. The van der Waals surface area contributed by atoms with Crippen molar-refractivity contribution in [3.63, 3.8) is 0 Å². The van der Waals surface area contributed by atoms with Crippen molar-refractivity contribution in [1.82, 2.24) is 4.83 Å². The number of nitrogens with zero attached hydrogens (tertiary/aromatic N) is 1. The van der Waals surface area contributed by atoms with Gasteiger partial charge >= 0.3 is 0 Å². The van der Waals surface area contributed by atoms with Crippen LogP contribution < -0.4 is 10.1 Å². The van der Waals surface area contributed by atoms with Gasteiger partial charge in [-0.25, -0.2) is 4.83 Å². The number of carbonyl (C=O) groups is 1. The summed E-state index contributed by atoms with van der Waals surface area (Å²) in [4.78, 5) is 13.1. The van der Waals surface area contributed by atoms with E-state index in [-0.39, 0.29) is 10.8 Å². The maximum Gasteiger partial charge on any atom is 0.276 e. The molecule has 0 aliphatic heterocycles. The zero-order valence-electron chi connectivity index (χ0n) is 11.1. The van der Waals surface area contributed by atoms with Crippen molar-refractivity contribution >= 4 is 27.3 Å².